The van der Waals surface area contributed by atoms with Crippen LogP contribution in [0.4, 0.5) is 0 Å². The van der Waals surface area contributed by atoms with E-state index in [9.17, 15) is 24.6 Å². The highest BCUT2D eigenvalue weighted by molar-refractivity contribution is 5.98. The van der Waals surface area contributed by atoms with Crippen LogP contribution in [0.25, 0.3) is 22.1 Å². The van der Waals surface area contributed by atoms with Crippen LogP contribution in [0.15, 0.2) is 15.7 Å². The summed E-state index contributed by atoms with van der Waals surface area (Å²) >= 11 is 0. The van der Waals surface area contributed by atoms with Gasteiger partial charge in [-0.1, -0.05) is 13.8 Å². The molecule has 12 nitrogen and oxygen atoms in total. The number of esters is 1. The summed E-state index contributed by atoms with van der Waals surface area (Å²) in [4.78, 5) is 40.1. The number of nitrogens with one attached hydrogen (secondary N) is 2. The molecule has 2 unspecified atom stereocenters. The summed E-state index contributed by atoms with van der Waals surface area (Å²) in [6, 6.07) is 1.39. The number of hydrogen-bond acceptors (Lipinski definition) is 8. The van der Waals surface area contributed by atoms with Crippen LogP contribution in [-0.4, -0.2) is 52.8 Å². The van der Waals surface area contributed by atoms with Crippen LogP contribution in [0.5, 0.6) is 11.5 Å². The molecule has 194 valence electrons. The second-order valence-electron chi connectivity index (χ2n) is 8.71. The summed E-state index contributed by atoms with van der Waals surface area (Å²) in [5.41, 5.74) is 1.91. The quantitative estimate of drug-likeness (QED) is 0.303. The summed E-state index contributed by atoms with van der Waals surface area (Å²) in [7, 11) is 1.16. The third-order valence-electron chi connectivity index (χ3n) is 6.26. The number of aromatic hydroxyl groups is 2. The number of carbonyl (C=O) groups is 1. The van der Waals surface area contributed by atoms with Crippen molar-refractivity contribution in [2.45, 2.75) is 66.5 Å². The number of H-pyrrole nitrogens is 2. The average Bonchev–Trinajstić information content (AvgIpc) is 3.35. The Labute approximate surface area is 206 Å². The van der Waals surface area contributed by atoms with E-state index in [4.69, 9.17) is 0 Å². The van der Waals surface area contributed by atoms with E-state index >= 15 is 0 Å². The van der Waals surface area contributed by atoms with Gasteiger partial charge in [0.25, 0.3) is 11.1 Å². The number of fused-ring (bicyclic) bond motifs is 2. The third kappa shape index (κ3) is 4.58. The van der Waals surface area contributed by atoms with Gasteiger partial charge in [-0.05, 0) is 40.5 Å². The first-order valence-electron chi connectivity index (χ1n) is 11.7. The van der Waals surface area contributed by atoms with Crippen LogP contribution >= 0.6 is 0 Å². The van der Waals surface area contributed by atoms with Gasteiger partial charge >= 0.3 is 5.97 Å². The van der Waals surface area contributed by atoms with Crippen LogP contribution in [0.1, 0.15) is 74.4 Å². The maximum Gasteiger partial charge on any atom is 0.347 e. The minimum atomic E-state index is -0.875. The average molecular weight is 501 g/mol. The van der Waals surface area contributed by atoms with Crippen molar-refractivity contribution in [2.75, 3.05) is 7.11 Å². The molecular weight excluding hydrogens is 468 g/mol. The number of carbonyl (C=O) groups excluding carboxylic acids is 1. The lowest BCUT2D eigenvalue weighted by Gasteiger charge is -2.12. The highest BCUT2D eigenvalue weighted by Gasteiger charge is 2.25. The maximum atomic E-state index is 11.9. The van der Waals surface area contributed by atoms with Gasteiger partial charge in [-0.15, -0.1) is 0 Å². The summed E-state index contributed by atoms with van der Waals surface area (Å²) in [5, 5.41) is 28.8. The summed E-state index contributed by atoms with van der Waals surface area (Å²) < 4.78 is 7.91. The van der Waals surface area contributed by atoms with E-state index < -0.39 is 22.8 Å². The number of pyridine rings is 2. The van der Waals surface area contributed by atoms with Gasteiger partial charge in [0.1, 0.15) is 16.8 Å². The Morgan fingerprint density at radius 1 is 0.972 bits per heavy atom. The SMILES string of the molecule is CCC(C)n1nc(C)c2[nH]c(=O)c(C(=O)OC)c(O)c21.CCC(C)n1nc(C)c2[nH]c(=O)cc(O)c21. The molecule has 0 aliphatic heterocycles. The predicted octanol–water partition coefficient (Wildman–Crippen LogP) is 3.21. The first-order chi connectivity index (χ1) is 17.0. The van der Waals surface area contributed by atoms with Crippen molar-refractivity contribution in [3.63, 3.8) is 0 Å². The lowest BCUT2D eigenvalue weighted by atomic mass is 10.2. The zero-order chi connectivity index (χ0) is 26.9. The maximum absolute atomic E-state index is 11.9. The number of nitrogens with zero attached hydrogens (tertiary/aromatic N) is 4. The molecule has 4 rings (SSSR count). The molecule has 0 bridgehead atoms. The van der Waals surface area contributed by atoms with Crippen molar-refractivity contribution in [3.05, 3.63) is 43.7 Å². The topological polar surface area (TPSA) is 168 Å². The second-order valence-corrected chi connectivity index (χ2v) is 8.71. The van der Waals surface area contributed by atoms with Gasteiger partial charge in [-0.2, -0.15) is 10.2 Å². The first-order valence-corrected chi connectivity index (χ1v) is 11.7. The molecule has 0 spiro atoms. The van der Waals surface area contributed by atoms with Crippen molar-refractivity contribution >= 4 is 28.0 Å². The zero-order valence-corrected chi connectivity index (χ0v) is 21.5. The Morgan fingerprint density at radius 3 is 1.97 bits per heavy atom. The van der Waals surface area contributed by atoms with Gasteiger partial charge in [-0.25, -0.2) is 4.79 Å². The fourth-order valence-corrected chi connectivity index (χ4v) is 3.90. The molecule has 4 N–H and O–H groups in total. The Bertz CT molecular complexity index is 1540. The molecule has 36 heavy (non-hydrogen) atoms. The summed E-state index contributed by atoms with van der Waals surface area (Å²) in [6.45, 7) is 11.5. The molecule has 0 aromatic carbocycles. The van der Waals surface area contributed by atoms with Gasteiger partial charge in [0.15, 0.2) is 11.3 Å². The molecule has 0 aliphatic rings. The lowest BCUT2D eigenvalue weighted by molar-refractivity contribution is 0.0595. The smallest absolute Gasteiger partial charge is 0.347 e. The molecule has 12 heteroatoms. The lowest BCUT2D eigenvalue weighted by Crippen LogP contribution is -2.19. The number of rotatable bonds is 5. The minimum Gasteiger partial charge on any atom is -0.505 e. The van der Waals surface area contributed by atoms with Crippen LogP contribution < -0.4 is 11.1 Å². The van der Waals surface area contributed by atoms with Gasteiger partial charge in [0.2, 0.25) is 0 Å². The summed E-state index contributed by atoms with van der Waals surface area (Å²) in [6.07, 6.45) is 1.71. The van der Waals surface area contributed by atoms with E-state index in [-0.39, 0.29) is 23.4 Å². The van der Waals surface area contributed by atoms with E-state index in [0.29, 0.717) is 27.8 Å². The Kier molecular flexibility index (Phi) is 7.56. The molecule has 2 atom stereocenters. The van der Waals surface area contributed by atoms with Crippen molar-refractivity contribution in [2.24, 2.45) is 0 Å². The highest BCUT2D eigenvalue weighted by atomic mass is 16.5. The molecule has 0 saturated carbocycles. The van der Waals surface area contributed by atoms with Crippen LogP contribution in [0.2, 0.25) is 0 Å². The third-order valence-corrected chi connectivity index (χ3v) is 6.26. The van der Waals surface area contributed by atoms with Crippen LogP contribution in [-0.2, 0) is 4.74 Å². The fraction of sp³-hybridized carbons (Fsp3) is 0.458. The van der Waals surface area contributed by atoms with Crippen LogP contribution in [0, 0.1) is 13.8 Å². The van der Waals surface area contributed by atoms with E-state index in [1.54, 1.807) is 16.3 Å². The van der Waals surface area contributed by atoms with Crippen molar-refractivity contribution in [1.82, 2.24) is 29.5 Å². The fourth-order valence-electron chi connectivity index (χ4n) is 3.90. The minimum absolute atomic E-state index is 0.0142. The standard InChI is InChI=1S/C13H17N3O4.C11H15N3O2/c1-5-6(2)16-10-9(7(3)15-16)14-12(18)8(11(10)17)13(19)20-4;1-4-6(2)14-11-8(15)5-9(16)12-10(11)7(3)13-14/h6H,5H2,1-4H3,(H2,14,17,18);5-6H,4H2,1-3H3,(H2,12,15,16). The van der Waals surface area contributed by atoms with Crippen molar-refractivity contribution < 1.29 is 19.7 Å². The van der Waals surface area contributed by atoms with E-state index in [2.05, 4.69) is 31.8 Å². The Morgan fingerprint density at radius 2 is 1.47 bits per heavy atom. The largest absolute Gasteiger partial charge is 0.505 e. The number of aromatic amines is 2. The highest BCUT2D eigenvalue weighted by Crippen LogP contribution is 2.30. The van der Waals surface area contributed by atoms with Crippen molar-refractivity contribution in [1.29, 1.82) is 0 Å². The monoisotopic (exact) mass is 500 g/mol. The molecule has 4 aromatic heterocycles. The molecule has 0 radical (unpaired) electrons. The molecule has 4 aromatic rings. The Hall–Kier alpha value is -4.09. The van der Waals surface area contributed by atoms with E-state index in [1.807, 2.05) is 27.7 Å². The second kappa shape index (κ2) is 10.3. The number of aromatic nitrogens is 6. The molecule has 0 fully saturated rings. The predicted molar refractivity (Wildman–Crippen MR) is 135 cm³/mol. The number of ether oxygens (including phenoxy) is 1. The molecule has 0 aliphatic carbocycles. The first kappa shape index (κ1) is 26.5. The van der Waals surface area contributed by atoms with Gasteiger partial charge in [0, 0.05) is 18.2 Å². The number of methoxy groups -OCH3 is 1. The Balaban J connectivity index is 0.000000205. The molecule has 4 heterocycles. The molecule has 0 amide bonds. The van der Waals surface area contributed by atoms with Gasteiger partial charge in [-0.3, -0.25) is 19.0 Å². The van der Waals surface area contributed by atoms with Crippen LogP contribution in [0.3, 0.4) is 0 Å². The van der Waals surface area contributed by atoms with Crippen molar-refractivity contribution in [3.8, 4) is 11.5 Å². The summed E-state index contributed by atoms with van der Waals surface area (Å²) in [5.74, 6) is -1.28. The molecule has 0 saturated heterocycles. The van der Waals surface area contributed by atoms with E-state index in [0.717, 1.165) is 25.6 Å². The number of hydrogen-bond donors (Lipinski definition) is 4. The van der Waals surface area contributed by atoms with Gasteiger partial charge in [0.05, 0.1) is 29.5 Å². The number of aryl methyl sites for hydroxylation is 2. The van der Waals surface area contributed by atoms with E-state index in [1.165, 1.54) is 6.07 Å². The molecular formula is C24H32N6O6. The van der Waals surface area contributed by atoms with Gasteiger partial charge < -0.3 is 24.9 Å². The zero-order valence-electron chi connectivity index (χ0n) is 21.5. The normalized spacial score (nSPS) is 12.9.